The summed E-state index contributed by atoms with van der Waals surface area (Å²) in [5.41, 5.74) is 5.53. The van der Waals surface area contributed by atoms with Crippen molar-refractivity contribution in [2.75, 3.05) is 13.6 Å². The molecule has 2 amide bonds. The molecule has 1 atom stereocenters. The van der Waals surface area contributed by atoms with Gasteiger partial charge in [0.15, 0.2) is 0 Å². The molecule has 0 aliphatic heterocycles. The van der Waals surface area contributed by atoms with Crippen LogP contribution in [0.25, 0.3) is 5.32 Å². The van der Waals surface area contributed by atoms with Gasteiger partial charge in [-0.15, -0.1) is 7.05 Å². The van der Waals surface area contributed by atoms with E-state index in [4.69, 9.17) is 5.73 Å². The summed E-state index contributed by atoms with van der Waals surface area (Å²) in [6.07, 6.45) is 0. The van der Waals surface area contributed by atoms with E-state index >= 15 is 0 Å². The largest absolute Gasteiger partial charge is 0.654 e. The van der Waals surface area contributed by atoms with Gasteiger partial charge in [-0.1, -0.05) is 13.8 Å². The van der Waals surface area contributed by atoms with E-state index in [1.54, 1.807) is 0 Å². The summed E-state index contributed by atoms with van der Waals surface area (Å²) >= 11 is 0. The zero-order valence-corrected chi connectivity index (χ0v) is 11.5. The van der Waals surface area contributed by atoms with Crippen LogP contribution in [0.4, 0.5) is 0 Å². The van der Waals surface area contributed by atoms with Crippen LogP contribution in [-0.2, 0) is 30.7 Å². The van der Waals surface area contributed by atoms with Crippen molar-refractivity contribution >= 4 is 11.8 Å². The summed E-state index contributed by atoms with van der Waals surface area (Å²) in [5.74, 6) is -0.607. The van der Waals surface area contributed by atoms with E-state index in [9.17, 15) is 9.59 Å². The van der Waals surface area contributed by atoms with Gasteiger partial charge >= 0.3 is 0 Å². The summed E-state index contributed by atoms with van der Waals surface area (Å²) in [7, 11) is 1.39. The van der Waals surface area contributed by atoms with Gasteiger partial charge in [-0.25, -0.2) is 0 Å². The Morgan fingerprint density at radius 3 is 2.29 bits per heavy atom. The van der Waals surface area contributed by atoms with Gasteiger partial charge in [0.2, 0.25) is 5.91 Å². The predicted molar refractivity (Wildman–Crippen MR) is 50.1 cm³/mol. The molecule has 0 rings (SSSR count). The predicted octanol–water partition coefficient (Wildman–Crippen LogP) is -0.386. The van der Waals surface area contributed by atoms with Gasteiger partial charge in [-0.05, 0) is 5.92 Å². The summed E-state index contributed by atoms with van der Waals surface area (Å²) in [6.45, 7) is 3.61. The third-order valence-corrected chi connectivity index (χ3v) is 1.68. The number of hydrogen-bond donors (Lipinski definition) is 2. The van der Waals surface area contributed by atoms with Crippen LogP contribution in [0, 0.1) is 5.92 Å². The van der Waals surface area contributed by atoms with E-state index < -0.39 is 6.04 Å². The molecule has 5 nitrogen and oxygen atoms in total. The Hall–Kier alpha value is -0.412. The molecular weight excluding hydrogens is 354 g/mol. The third kappa shape index (κ3) is 6.10. The summed E-state index contributed by atoms with van der Waals surface area (Å²) in [4.78, 5) is 21.9. The van der Waals surface area contributed by atoms with Crippen molar-refractivity contribution in [2.45, 2.75) is 19.9 Å². The van der Waals surface area contributed by atoms with E-state index in [2.05, 4.69) is 10.6 Å². The molecular formula is C8H16N3O2W-. The van der Waals surface area contributed by atoms with Crippen LogP contribution in [0.1, 0.15) is 13.8 Å². The number of hydrogen-bond acceptors (Lipinski definition) is 3. The van der Waals surface area contributed by atoms with Crippen molar-refractivity contribution in [3.8, 4) is 0 Å². The standard InChI is InChI=1S/C8H17N3O2.W/c1-5(2)7(9)8(13)11-4-6(12)10-3;/h5,7H,4,9H2,1-3H3,(H2,10,11,12,13);/p-1. The fraction of sp³-hybridized carbons (Fsp3) is 0.750. The van der Waals surface area contributed by atoms with Crippen molar-refractivity contribution in [3.63, 3.8) is 0 Å². The van der Waals surface area contributed by atoms with Crippen LogP contribution >= 0.6 is 0 Å². The van der Waals surface area contributed by atoms with Gasteiger partial charge in [-0.2, -0.15) is 0 Å². The van der Waals surface area contributed by atoms with Crippen LogP contribution < -0.4 is 11.1 Å². The van der Waals surface area contributed by atoms with E-state index in [1.165, 1.54) is 7.05 Å². The zero-order valence-electron chi connectivity index (χ0n) is 8.61. The summed E-state index contributed by atoms with van der Waals surface area (Å²) < 4.78 is 0. The molecule has 0 saturated heterocycles. The number of carbonyl (C=O) groups excluding carboxylic acids is 2. The van der Waals surface area contributed by atoms with E-state index in [-0.39, 0.29) is 45.3 Å². The Morgan fingerprint density at radius 2 is 1.93 bits per heavy atom. The first kappa shape index (κ1) is 16.0. The van der Waals surface area contributed by atoms with Crippen LogP contribution in [-0.4, -0.2) is 31.4 Å². The minimum atomic E-state index is -0.565. The molecule has 0 aromatic heterocycles. The SMILES string of the molecule is C[N-]C(=O)CNC(=O)C(N)C(C)C.[W]. The molecule has 0 spiro atoms. The maximum Gasteiger partial charge on any atom is 0.237 e. The van der Waals surface area contributed by atoms with Crippen LogP contribution in [0.2, 0.25) is 0 Å². The second-order valence-electron chi connectivity index (χ2n) is 3.10. The molecule has 0 aliphatic carbocycles. The topological polar surface area (TPSA) is 86.3 Å². The van der Waals surface area contributed by atoms with Gasteiger partial charge in [0.1, 0.15) is 0 Å². The molecule has 3 N–H and O–H groups in total. The molecule has 0 saturated carbocycles. The average Bonchev–Trinajstić information content (AvgIpc) is 2.11. The smallest absolute Gasteiger partial charge is 0.237 e. The molecule has 0 aliphatic rings. The molecule has 14 heavy (non-hydrogen) atoms. The normalized spacial score (nSPS) is 11.5. The number of rotatable bonds is 4. The Morgan fingerprint density at radius 1 is 1.43 bits per heavy atom. The van der Waals surface area contributed by atoms with Crippen molar-refractivity contribution in [2.24, 2.45) is 11.7 Å². The first-order chi connectivity index (χ1) is 5.99. The summed E-state index contributed by atoms with van der Waals surface area (Å²) in [6, 6.07) is -0.565. The Kier molecular flexibility index (Phi) is 9.10. The number of nitrogens with zero attached hydrogens (tertiary/aromatic N) is 1. The number of amides is 2. The maximum atomic E-state index is 11.2. The number of nitrogens with one attached hydrogen (secondary N) is 1. The van der Waals surface area contributed by atoms with Gasteiger partial charge in [-0.3, -0.25) is 4.79 Å². The van der Waals surface area contributed by atoms with Gasteiger partial charge in [0.05, 0.1) is 18.5 Å². The number of nitrogens with two attached hydrogens (primary N) is 1. The van der Waals surface area contributed by atoms with Gasteiger partial charge in [0.25, 0.3) is 0 Å². The monoisotopic (exact) mass is 370 g/mol. The van der Waals surface area contributed by atoms with Crippen molar-refractivity contribution < 1.29 is 30.7 Å². The quantitative estimate of drug-likeness (QED) is 0.707. The molecule has 0 heterocycles. The molecule has 0 bridgehead atoms. The first-order valence-electron chi connectivity index (χ1n) is 4.15. The Labute approximate surface area is 98.4 Å². The molecule has 82 valence electrons. The molecule has 0 aromatic carbocycles. The summed E-state index contributed by atoms with van der Waals surface area (Å²) in [5, 5.41) is 5.78. The minimum Gasteiger partial charge on any atom is -0.654 e. The van der Waals surface area contributed by atoms with Crippen molar-refractivity contribution in [1.29, 1.82) is 0 Å². The van der Waals surface area contributed by atoms with E-state index in [0.717, 1.165) is 0 Å². The molecule has 1 unspecified atom stereocenters. The Balaban J connectivity index is 0. The van der Waals surface area contributed by atoms with Crippen molar-refractivity contribution in [1.82, 2.24) is 5.32 Å². The van der Waals surface area contributed by atoms with Gasteiger partial charge in [0, 0.05) is 21.1 Å². The number of carbonyl (C=O) groups is 2. The van der Waals surface area contributed by atoms with Gasteiger partial charge < -0.3 is 21.2 Å². The fourth-order valence-electron chi connectivity index (χ4n) is 0.662. The second kappa shape index (κ2) is 7.94. The van der Waals surface area contributed by atoms with E-state index in [0.29, 0.717) is 0 Å². The minimum absolute atomic E-state index is 0. The maximum absolute atomic E-state index is 11.2. The van der Waals surface area contributed by atoms with Crippen LogP contribution in [0.15, 0.2) is 0 Å². The molecule has 6 heteroatoms. The third-order valence-electron chi connectivity index (χ3n) is 1.68. The second-order valence-corrected chi connectivity index (χ2v) is 3.10. The molecule has 0 aromatic rings. The first-order valence-corrected chi connectivity index (χ1v) is 4.15. The molecule has 0 fully saturated rings. The number of likely N-dealkylation sites (N-methyl/N-ethyl adjacent to an activating group) is 1. The van der Waals surface area contributed by atoms with Crippen LogP contribution in [0.3, 0.4) is 0 Å². The van der Waals surface area contributed by atoms with Crippen LogP contribution in [0.5, 0.6) is 0 Å². The Bertz CT molecular complexity index is 197. The molecule has 0 radical (unpaired) electrons. The van der Waals surface area contributed by atoms with E-state index in [1.807, 2.05) is 13.8 Å². The fourth-order valence-corrected chi connectivity index (χ4v) is 0.662. The zero-order chi connectivity index (χ0) is 10.4. The average molecular weight is 370 g/mol. The van der Waals surface area contributed by atoms with Crippen molar-refractivity contribution in [3.05, 3.63) is 5.32 Å².